The average molecular weight is 397 g/mol. The van der Waals surface area contributed by atoms with Gasteiger partial charge in [-0.25, -0.2) is 4.98 Å². The van der Waals surface area contributed by atoms with E-state index in [0.717, 1.165) is 21.3 Å². The third-order valence-corrected chi connectivity index (χ3v) is 5.53. The molecule has 0 fully saturated rings. The van der Waals surface area contributed by atoms with Crippen molar-refractivity contribution in [2.45, 2.75) is 13.5 Å². The van der Waals surface area contributed by atoms with E-state index in [9.17, 15) is 4.79 Å². The molecule has 0 spiro atoms. The highest BCUT2D eigenvalue weighted by Gasteiger charge is 2.27. The summed E-state index contributed by atoms with van der Waals surface area (Å²) in [6.45, 7) is 3.09. The highest BCUT2D eigenvalue weighted by Crippen LogP contribution is 2.37. The topological polar surface area (TPSA) is 73.8 Å². The number of nitrogens with zero attached hydrogens (tertiary/aromatic N) is 3. The molecule has 0 atom stereocenters. The zero-order valence-corrected chi connectivity index (χ0v) is 16.4. The van der Waals surface area contributed by atoms with Gasteiger partial charge in [0.2, 0.25) is 5.76 Å². The minimum absolute atomic E-state index is 0.165. The standard InChI is InChI=1S/C20H19N3O4S/c1-13-5-6-15(25-2)17-18(13)28-20(22-17)23(11-14-4-3-7-21-10-14)19(24)16-12-26-8-9-27-16/h3-7,10,12H,8-9,11H2,1-2H3. The van der Waals surface area contributed by atoms with Crippen LogP contribution in [0.5, 0.6) is 5.75 Å². The normalized spacial score (nSPS) is 13.4. The molecule has 0 saturated heterocycles. The Bertz CT molecular complexity index is 1030. The molecule has 2 aromatic heterocycles. The van der Waals surface area contributed by atoms with Crippen molar-refractivity contribution in [3.63, 3.8) is 0 Å². The lowest BCUT2D eigenvalue weighted by Gasteiger charge is -2.23. The van der Waals surface area contributed by atoms with Crippen molar-refractivity contribution in [3.05, 3.63) is 59.8 Å². The van der Waals surface area contributed by atoms with Crippen LogP contribution in [0.25, 0.3) is 10.2 Å². The van der Waals surface area contributed by atoms with Gasteiger partial charge < -0.3 is 14.2 Å². The Balaban J connectivity index is 1.78. The van der Waals surface area contributed by atoms with Gasteiger partial charge in [-0.05, 0) is 30.2 Å². The van der Waals surface area contributed by atoms with E-state index >= 15 is 0 Å². The van der Waals surface area contributed by atoms with Gasteiger partial charge in [-0.15, -0.1) is 0 Å². The number of anilines is 1. The van der Waals surface area contributed by atoms with Gasteiger partial charge in [0, 0.05) is 12.4 Å². The SMILES string of the molecule is COc1ccc(C)c2sc(N(Cc3cccnc3)C(=O)C3=COCCO3)nc12. The highest BCUT2D eigenvalue weighted by atomic mass is 32.1. The molecule has 8 heteroatoms. The van der Waals surface area contributed by atoms with Crippen molar-refractivity contribution < 1.29 is 19.0 Å². The van der Waals surface area contributed by atoms with E-state index in [-0.39, 0.29) is 11.7 Å². The van der Waals surface area contributed by atoms with Gasteiger partial charge in [0.15, 0.2) is 5.13 Å². The number of carbonyl (C=O) groups is 1. The van der Waals surface area contributed by atoms with Gasteiger partial charge in [-0.1, -0.05) is 23.5 Å². The fourth-order valence-electron chi connectivity index (χ4n) is 2.89. The minimum Gasteiger partial charge on any atom is -0.494 e. The number of hydrogen-bond acceptors (Lipinski definition) is 7. The van der Waals surface area contributed by atoms with Crippen molar-refractivity contribution in [2.75, 3.05) is 25.2 Å². The summed E-state index contributed by atoms with van der Waals surface area (Å²) in [4.78, 5) is 23.6. The number of aromatic nitrogens is 2. The summed E-state index contributed by atoms with van der Waals surface area (Å²) >= 11 is 1.44. The molecule has 4 rings (SSSR count). The van der Waals surface area contributed by atoms with Gasteiger partial charge in [0.05, 0.1) is 18.4 Å². The molecule has 28 heavy (non-hydrogen) atoms. The molecule has 1 aliphatic rings. The van der Waals surface area contributed by atoms with E-state index in [4.69, 9.17) is 19.2 Å². The van der Waals surface area contributed by atoms with Crippen molar-refractivity contribution in [3.8, 4) is 5.75 Å². The first-order valence-electron chi connectivity index (χ1n) is 8.77. The van der Waals surface area contributed by atoms with Crippen LogP contribution < -0.4 is 9.64 Å². The molecule has 0 N–H and O–H groups in total. The first-order valence-corrected chi connectivity index (χ1v) is 9.58. The molecule has 1 amide bonds. The first kappa shape index (κ1) is 18.2. The van der Waals surface area contributed by atoms with Gasteiger partial charge in [-0.2, -0.15) is 0 Å². The molecule has 7 nitrogen and oxygen atoms in total. The number of aryl methyl sites for hydroxylation is 1. The fraction of sp³-hybridized carbons (Fsp3) is 0.250. The number of amides is 1. The van der Waals surface area contributed by atoms with Crippen LogP contribution in [-0.4, -0.2) is 36.2 Å². The molecule has 1 aliphatic heterocycles. The largest absolute Gasteiger partial charge is 0.494 e. The van der Waals surface area contributed by atoms with Crippen molar-refractivity contribution >= 4 is 32.6 Å². The molecular formula is C20H19N3O4S. The smallest absolute Gasteiger partial charge is 0.298 e. The Morgan fingerprint density at radius 2 is 2.21 bits per heavy atom. The second kappa shape index (κ2) is 7.85. The summed E-state index contributed by atoms with van der Waals surface area (Å²) in [5, 5.41) is 0.562. The molecule has 3 heterocycles. The third-order valence-electron chi connectivity index (χ3n) is 4.31. The van der Waals surface area contributed by atoms with Gasteiger partial charge in [0.1, 0.15) is 30.7 Å². The summed E-state index contributed by atoms with van der Waals surface area (Å²) in [6, 6.07) is 7.62. The number of methoxy groups -OCH3 is 1. The predicted molar refractivity (Wildman–Crippen MR) is 106 cm³/mol. The number of rotatable bonds is 5. The Morgan fingerprint density at radius 1 is 1.32 bits per heavy atom. The van der Waals surface area contributed by atoms with Crippen LogP contribution in [0.3, 0.4) is 0 Å². The van der Waals surface area contributed by atoms with Crippen LogP contribution in [0.4, 0.5) is 5.13 Å². The number of hydrogen-bond donors (Lipinski definition) is 0. The molecule has 3 aromatic rings. The lowest BCUT2D eigenvalue weighted by Crippen LogP contribution is -2.33. The quantitative estimate of drug-likeness (QED) is 0.657. The molecule has 144 valence electrons. The lowest BCUT2D eigenvalue weighted by atomic mass is 10.2. The van der Waals surface area contributed by atoms with Gasteiger partial charge in [-0.3, -0.25) is 14.7 Å². The Morgan fingerprint density at radius 3 is 2.93 bits per heavy atom. The number of fused-ring (bicyclic) bond motifs is 1. The maximum atomic E-state index is 13.2. The molecule has 0 bridgehead atoms. The van der Waals surface area contributed by atoms with E-state index in [0.29, 0.717) is 30.6 Å². The summed E-state index contributed by atoms with van der Waals surface area (Å²) in [6.07, 6.45) is 4.79. The number of benzene rings is 1. The summed E-state index contributed by atoms with van der Waals surface area (Å²) < 4.78 is 17.2. The molecular weight excluding hydrogens is 378 g/mol. The number of pyridine rings is 1. The number of thiazole rings is 1. The van der Waals surface area contributed by atoms with E-state index in [2.05, 4.69) is 4.98 Å². The third kappa shape index (κ3) is 3.50. The lowest BCUT2D eigenvalue weighted by molar-refractivity contribution is -0.119. The zero-order chi connectivity index (χ0) is 19.5. The van der Waals surface area contributed by atoms with Crippen LogP contribution in [0.15, 0.2) is 48.7 Å². The van der Waals surface area contributed by atoms with Crippen LogP contribution in [0.2, 0.25) is 0 Å². The van der Waals surface area contributed by atoms with E-state index < -0.39 is 0 Å². The van der Waals surface area contributed by atoms with E-state index in [1.165, 1.54) is 17.6 Å². The van der Waals surface area contributed by atoms with Gasteiger partial charge >= 0.3 is 0 Å². The van der Waals surface area contributed by atoms with E-state index in [1.807, 2.05) is 31.2 Å². The van der Waals surface area contributed by atoms with Crippen LogP contribution >= 0.6 is 11.3 Å². The molecule has 0 unspecified atom stereocenters. The van der Waals surface area contributed by atoms with Crippen LogP contribution in [0.1, 0.15) is 11.1 Å². The van der Waals surface area contributed by atoms with Crippen molar-refractivity contribution in [1.29, 1.82) is 0 Å². The summed E-state index contributed by atoms with van der Waals surface area (Å²) in [7, 11) is 1.61. The van der Waals surface area contributed by atoms with E-state index in [1.54, 1.807) is 24.4 Å². The maximum absolute atomic E-state index is 13.2. The van der Waals surface area contributed by atoms with Crippen molar-refractivity contribution in [1.82, 2.24) is 9.97 Å². The predicted octanol–water partition coefficient (Wildman–Crippen LogP) is 3.43. The average Bonchev–Trinajstić information content (AvgIpc) is 3.19. The highest BCUT2D eigenvalue weighted by molar-refractivity contribution is 7.22. The monoisotopic (exact) mass is 397 g/mol. The maximum Gasteiger partial charge on any atom is 0.298 e. The van der Waals surface area contributed by atoms with Crippen molar-refractivity contribution in [2.24, 2.45) is 0 Å². The Hall–Kier alpha value is -3.13. The molecule has 0 aliphatic carbocycles. The van der Waals surface area contributed by atoms with Crippen LogP contribution in [-0.2, 0) is 20.8 Å². The molecule has 0 saturated carbocycles. The van der Waals surface area contributed by atoms with Gasteiger partial charge in [0.25, 0.3) is 5.91 Å². The Kier molecular flexibility index (Phi) is 5.12. The second-order valence-electron chi connectivity index (χ2n) is 6.21. The summed E-state index contributed by atoms with van der Waals surface area (Å²) in [5.41, 5.74) is 2.70. The first-order chi connectivity index (χ1) is 13.7. The number of ether oxygens (including phenoxy) is 3. The Labute approximate surface area is 166 Å². The summed E-state index contributed by atoms with van der Waals surface area (Å²) in [5.74, 6) is 0.533. The molecule has 1 aromatic carbocycles. The second-order valence-corrected chi connectivity index (χ2v) is 7.19. The minimum atomic E-state index is -0.306. The fourth-order valence-corrected chi connectivity index (χ4v) is 3.94. The number of carbonyl (C=O) groups excluding carboxylic acids is 1. The molecule has 0 radical (unpaired) electrons. The van der Waals surface area contributed by atoms with Crippen LogP contribution in [0, 0.1) is 6.92 Å². The zero-order valence-electron chi connectivity index (χ0n) is 15.5.